The van der Waals surface area contributed by atoms with Gasteiger partial charge in [-0.15, -0.1) is 0 Å². The lowest BCUT2D eigenvalue weighted by atomic mass is 9.93. The van der Waals surface area contributed by atoms with Gasteiger partial charge in [-0.05, 0) is 49.9 Å². The largest absolute Gasteiger partial charge is 0.492 e. The third kappa shape index (κ3) is 5.07. The lowest BCUT2D eigenvalue weighted by Gasteiger charge is -2.26. The van der Waals surface area contributed by atoms with Gasteiger partial charge < -0.3 is 20.5 Å². The number of carbonyl (C=O) groups is 1. The summed E-state index contributed by atoms with van der Waals surface area (Å²) in [6.45, 7) is 0.807. The van der Waals surface area contributed by atoms with Crippen molar-refractivity contribution in [2.24, 2.45) is 0 Å². The number of aliphatic hydroxyl groups excluding tert-OH is 1. The SMILES string of the molecule is O=C(NCCOc1ccccc1)c1cc(NC2CCC(O)CC2)nc2ccccc12. The van der Waals surface area contributed by atoms with Crippen LogP contribution in [0, 0.1) is 0 Å². The van der Waals surface area contributed by atoms with E-state index in [0.29, 0.717) is 24.5 Å². The number of rotatable bonds is 7. The van der Waals surface area contributed by atoms with Crippen molar-refractivity contribution in [3.8, 4) is 5.75 Å². The molecule has 4 rings (SSSR count). The number of nitrogens with zero attached hydrogens (tertiary/aromatic N) is 1. The molecule has 1 aliphatic carbocycles. The van der Waals surface area contributed by atoms with E-state index in [-0.39, 0.29) is 18.1 Å². The minimum atomic E-state index is -0.202. The monoisotopic (exact) mass is 405 g/mol. The first-order chi connectivity index (χ1) is 14.7. The van der Waals surface area contributed by atoms with Gasteiger partial charge in [0.25, 0.3) is 5.91 Å². The van der Waals surface area contributed by atoms with Crippen LogP contribution in [0.25, 0.3) is 10.9 Å². The highest BCUT2D eigenvalue weighted by Crippen LogP contribution is 2.25. The molecule has 6 heteroatoms. The summed E-state index contributed by atoms with van der Waals surface area (Å²) in [6, 6.07) is 19.3. The lowest BCUT2D eigenvalue weighted by Crippen LogP contribution is -2.30. The van der Waals surface area contributed by atoms with Crippen LogP contribution in [0.4, 0.5) is 5.82 Å². The molecule has 3 aromatic rings. The Hall–Kier alpha value is -3.12. The van der Waals surface area contributed by atoms with Crippen LogP contribution in [-0.2, 0) is 0 Å². The Morgan fingerprint density at radius 1 is 1.03 bits per heavy atom. The molecule has 30 heavy (non-hydrogen) atoms. The Morgan fingerprint density at radius 3 is 2.57 bits per heavy atom. The number of aliphatic hydroxyl groups is 1. The van der Waals surface area contributed by atoms with Gasteiger partial charge in [0.05, 0.1) is 23.7 Å². The first-order valence-electron chi connectivity index (χ1n) is 10.5. The Kier molecular flexibility index (Phi) is 6.44. The van der Waals surface area contributed by atoms with E-state index in [2.05, 4.69) is 15.6 Å². The molecule has 3 N–H and O–H groups in total. The summed E-state index contributed by atoms with van der Waals surface area (Å²) in [7, 11) is 0. The average Bonchev–Trinajstić information content (AvgIpc) is 2.78. The number of nitrogens with one attached hydrogen (secondary N) is 2. The van der Waals surface area contributed by atoms with Crippen LogP contribution in [0.2, 0.25) is 0 Å². The standard InChI is InChI=1S/C24H27N3O3/c28-18-12-10-17(11-13-18)26-23-16-21(20-8-4-5-9-22(20)27-23)24(29)25-14-15-30-19-6-2-1-3-7-19/h1-9,16-18,28H,10-15H2,(H,25,29)(H,26,27). The predicted molar refractivity (Wildman–Crippen MR) is 118 cm³/mol. The highest BCUT2D eigenvalue weighted by molar-refractivity contribution is 6.07. The van der Waals surface area contributed by atoms with Gasteiger partial charge in [-0.1, -0.05) is 36.4 Å². The van der Waals surface area contributed by atoms with E-state index in [1.54, 1.807) is 0 Å². The maximum absolute atomic E-state index is 12.9. The summed E-state index contributed by atoms with van der Waals surface area (Å²) in [5, 5.41) is 16.9. The second-order valence-electron chi connectivity index (χ2n) is 7.64. The van der Waals surface area contributed by atoms with E-state index in [1.807, 2.05) is 60.7 Å². The van der Waals surface area contributed by atoms with Crippen molar-refractivity contribution in [2.45, 2.75) is 37.8 Å². The number of para-hydroxylation sites is 2. The molecular formula is C24H27N3O3. The summed E-state index contributed by atoms with van der Waals surface area (Å²) >= 11 is 0. The molecular weight excluding hydrogens is 378 g/mol. The number of ether oxygens (including phenoxy) is 1. The molecule has 0 spiro atoms. The normalized spacial score (nSPS) is 18.7. The maximum atomic E-state index is 12.9. The van der Waals surface area contributed by atoms with Gasteiger partial charge in [-0.25, -0.2) is 4.98 Å². The number of carbonyl (C=O) groups excluding carboxylic acids is 1. The molecule has 0 radical (unpaired) electrons. The topological polar surface area (TPSA) is 83.5 Å². The molecule has 1 aliphatic rings. The van der Waals surface area contributed by atoms with E-state index >= 15 is 0 Å². The zero-order valence-electron chi connectivity index (χ0n) is 16.9. The van der Waals surface area contributed by atoms with Gasteiger partial charge in [-0.3, -0.25) is 4.79 Å². The van der Waals surface area contributed by atoms with Crippen LogP contribution in [0.1, 0.15) is 36.0 Å². The molecule has 1 saturated carbocycles. The van der Waals surface area contributed by atoms with Gasteiger partial charge in [0, 0.05) is 11.4 Å². The molecule has 1 fully saturated rings. The first kappa shape index (κ1) is 20.2. The number of anilines is 1. The zero-order valence-corrected chi connectivity index (χ0v) is 16.9. The second kappa shape index (κ2) is 9.59. The van der Waals surface area contributed by atoms with Crippen LogP contribution < -0.4 is 15.4 Å². The summed E-state index contributed by atoms with van der Waals surface area (Å²) in [5.41, 5.74) is 1.38. The van der Waals surface area contributed by atoms with Gasteiger partial charge in [-0.2, -0.15) is 0 Å². The predicted octanol–water partition coefficient (Wildman–Crippen LogP) is 3.76. The first-order valence-corrected chi connectivity index (χ1v) is 10.5. The molecule has 0 saturated heterocycles. The number of hydrogen-bond donors (Lipinski definition) is 3. The number of aromatic nitrogens is 1. The second-order valence-corrected chi connectivity index (χ2v) is 7.64. The third-order valence-corrected chi connectivity index (χ3v) is 5.41. The lowest BCUT2D eigenvalue weighted by molar-refractivity contribution is 0.0948. The quantitative estimate of drug-likeness (QED) is 0.522. The molecule has 6 nitrogen and oxygen atoms in total. The average molecular weight is 405 g/mol. The van der Waals surface area contributed by atoms with E-state index in [1.165, 1.54) is 0 Å². The Bertz CT molecular complexity index is 985. The Labute approximate surface area is 176 Å². The van der Waals surface area contributed by atoms with E-state index in [9.17, 15) is 9.90 Å². The third-order valence-electron chi connectivity index (χ3n) is 5.41. The maximum Gasteiger partial charge on any atom is 0.252 e. The Balaban J connectivity index is 1.44. The molecule has 1 amide bonds. The van der Waals surface area contributed by atoms with Gasteiger partial charge in [0.15, 0.2) is 0 Å². The summed E-state index contributed by atoms with van der Waals surface area (Å²) in [5.74, 6) is 1.33. The van der Waals surface area contributed by atoms with E-state index in [4.69, 9.17) is 4.74 Å². The fraction of sp³-hybridized carbons (Fsp3) is 0.333. The summed E-state index contributed by atoms with van der Waals surface area (Å²) in [4.78, 5) is 17.6. The van der Waals surface area contributed by atoms with Crippen molar-refractivity contribution >= 4 is 22.6 Å². The molecule has 2 aromatic carbocycles. The number of hydrogen-bond acceptors (Lipinski definition) is 5. The highest BCUT2D eigenvalue weighted by Gasteiger charge is 2.20. The minimum absolute atomic E-state index is 0.146. The number of benzene rings is 2. The van der Waals surface area contributed by atoms with Crippen molar-refractivity contribution in [2.75, 3.05) is 18.5 Å². The van der Waals surface area contributed by atoms with Crippen molar-refractivity contribution in [1.82, 2.24) is 10.3 Å². The van der Waals surface area contributed by atoms with Crippen molar-refractivity contribution in [3.05, 3.63) is 66.2 Å². The van der Waals surface area contributed by atoms with Crippen LogP contribution in [0.15, 0.2) is 60.7 Å². The van der Waals surface area contributed by atoms with Crippen molar-refractivity contribution in [1.29, 1.82) is 0 Å². The summed E-state index contributed by atoms with van der Waals surface area (Å²) < 4.78 is 5.65. The fourth-order valence-corrected chi connectivity index (χ4v) is 3.81. The van der Waals surface area contributed by atoms with Gasteiger partial charge in [0.1, 0.15) is 18.2 Å². The van der Waals surface area contributed by atoms with Crippen LogP contribution in [0.5, 0.6) is 5.75 Å². The van der Waals surface area contributed by atoms with Crippen molar-refractivity contribution in [3.63, 3.8) is 0 Å². The van der Waals surface area contributed by atoms with Gasteiger partial charge >= 0.3 is 0 Å². The highest BCUT2D eigenvalue weighted by atomic mass is 16.5. The molecule has 0 bridgehead atoms. The smallest absolute Gasteiger partial charge is 0.252 e. The molecule has 0 atom stereocenters. The molecule has 1 heterocycles. The van der Waals surface area contributed by atoms with Crippen molar-refractivity contribution < 1.29 is 14.6 Å². The molecule has 0 aliphatic heterocycles. The minimum Gasteiger partial charge on any atom is -0.492 e. The fourth-order valence-electron chi connectivity index (χ4n) is 3.81. The number of fused-ring (bicyclic) bond motifs is 1. The molecule has 0 unspecified atom stereocenters. The number of amides is 1. The zero-order chi connectivity index (χ0) is 20.8. The van der Waals surface area contributed by atoms with Crippen LogP contribution in [0.3, 0.4) is 0 Å². The molecule has 156 valence electrons. The van der Waals surface area contributed by atoms with Crippen LogP contribution >= 0.6 is 0 Å². The molecule has 1 aromatic heterocycles. The summed E-state index contributed by atoms with van der Waals surface area (Å²) in [6.07, 6.45) is 3.18. The van der Waals surface area contributed by atoms with E-state index < -0.39 is 0 Å². The Morgan fingerprint density at radius 2 is 1.77 bits per heavy atom. The van der Waals surface area contributed by atoms with Crippen LogP contribution in [-0.4, -0.2) is 41.3 Å². The number of pyridine rings is 1. The van der Waals surface area contributed by atoms with E-state index in [0.717, 1.165) is 42.3 Å². The van der Waals surface area contributed by atoms with Gasteiger partial charge in [0.2, 0.25) is 0 Å².